The van der Waals surface area contributed by atoms with Gasteiger partial charge in [0.1, 0.15) is 6.10 Å². The molecule has 0 bridgehead atoms. The number of halogens is 1. The quantitative estimate of drug-likeness (QED) is 0.918. The summed E-state index contributed by atoms with van der Waals surface area (Å²) in [5.41, 5.74) is 0.918. The summed E-state index contributed by atoms with van der Waals surface area (Å²) in [6.07, 6.45) is 7.59. The van der Waals surface area contributed by atoms with Crippen LogP contribution < -0.4 is 0 Å². The Bertz CT molecular complexity index is 508. The first-order chi connectivity index (χ1) is 9.66. The van der Waals surface area contributed by atoms with Crippen molar-refractivity contribution in [2.45, 2.75) is 44.2 Å². The number of nitrogens with zero attached hydrogens (tertiary/aromatic N) is 2. The molecule has 0 spiro atoms. The van der Waals surface area contributed by atoms with E-state index in [1.54, 1.807) is 12.4 Å². The molecule has 0 aromatic carbocycles. The number of carbonyl (C=O) groups excluding carboxylic acids is 1. The van der Waals surface area contributed by atoms with Crippen LogP contribution in [0, 0.1) is 5.92 Å². The summed E-state index contributed by atoms with van der Waals surface area (Å²) >= 11 is 3.40. The number of aromatic nitrogens is 1. The minimum atomic E-state index is -0.948. The fourth-order valence-electron chi connectivity index (χ4n) is 3.37. The lowest BCUT2D eigenvalue weighted by molar-refractivity contribution is -0.155. The smallest absolute Gasteiger partial charge is 0.252 e. The zero-order chi connectivity index (χ0) is 14.1. The van der Waals surface area contributed by atoms with Crippen LogP contribution in [0.3, 0.4) is 0 Å². The van der Waals surface area contributed by atoms with E-state index in [2.05, 4.69) is 20.9 Å². The number of aliphatic hydroxyl groups is 1. The predicted octanol–water partition coefficient (Wildman–Crippen LogP) is 2.15. The number of rotatable bonds is 3. The third kappa shape index (κ3) is 2.61. The summed E-state index contributed by atoms with van der Waals surface area (Å²) in [4.78, 5) is 18.2. The second kappa shape index (κ2) is 5.82. The molecule has 0 radical (unpaired) electrons. The normalized spacial score (nSPS) is 26.6. The van der Waals surface area contributed by atoms with E-state index >= 15 is 0 Å². The van der Waals surface area contributed by atoms with Crippen molar-refractivity contribution in [3.63, 3.8) is 0 Å². The van der Waals surface area contributed by atoms with Gasteiger partial charge in [-0.05, 0) is 46.3 Å². The van der Waals surface area contributed by atoms with E-state index in [9.17, 15) is 9.90 Å². The van der Waals surface area contributed by atoms with Crippen LogP contribution in [-0.4, -0.2) is 39.6 Å². The average molecular weight is 339 g/mol. The fraction of sp³-hybridized carbons (Fsp3) is 0.600. The minimum absolute atomic E-state index is 0.114. The highest BCUT2D eigenvalue weighted by atomic mass is 79.9. The number of carbonyl (C=O) groups is 1. The molecule has 108 valence electrons. The van der Waals surface area contributed by atoms with Crippen LogP contribution in [0.25, 0.3) is 0 Å². The number of likely N-dealkylation sites (tertiary alicyclic amines) is 1. The number of hydrogen-bond acceptors (Lipinski definition) is 3. The van der Waals surface area contributed by atoms with Crippen LogP contribution in [0.15, 0.2) is 22.9 Å². The van der Waals surface area contributed by atoms with Crippen molar-refractivity contribution >= 4 is 21.8 Å². The maximum absolute atomic E-state index is 12.3. The molecule has 4 nitrogen and oxygen atoms in total. The largest absolute Gasteiger partial charge is 0.383 e. The second-order valence-electron chi connectivity index (χ2n) is 5.79. The van der Waals surface area contributed by atoms with Crippen LogP contribution in [0.4, 0.5) is 0 Å². The van der Waals surface area contributed by atoms with Crippen LogP contribution in [0.5, 0.6) is 0 Å². The number of amides is 1. The summed E-state index contributed by atoms with van der Waals surface area (Å²) in [5, 5.41) is 10.2. The molecule has 1 saturated heterocycles. The molecule has 1 N–H and O–H groups in total. The molecular weight excluding hydrogens is 320 g/mol. The summed E-state index contributed by atoms with van der Waals surface area (Å²) in [5.74, 6) is 0.560. The van der Waals surface area contributed by atoms with Crippen LogP contribution >= 0.6 is 15.9 Å². The minimum Gasteiger partial charge on any atom is -0.383 e. The average Bonchev–Trinajstić information content (AvgIpc) is 2.42. The molecule has 1 aromatic heterocycles. The summed E-state index contributed by atoms with van der Waals surface area (Å²) < 4.78 is 0.839. The predicted molar refractivity (Wildman–Crippen MR) is 79.1 cm³/mol. The van der Waals surface area contributed by atoms with Gasteiger partial charge in [-0.15, -0.1) is 0 Å². The monoisotopic (exact) mass is 338 g/mol. The zero-order valence-corrected chi connectivity index (χ0v) is 12.9. The standard InChI is InChI=1S/C15H19BrN2O2/c16-12-8-17-6-5-10(12)7-14(19)15(20)18-9-11-3-1-2-4-13(11)18/h5-6,8,11,13-14,19H,1-4,7,9H2/t11-,13-,14?/m0/s1. The van der Waals surface area contributed by atoms with Gasteiger partial charge in [-0.1, -0.05) is 12.8 Å². The van der Waals surface area contributed by atoms with Crippen molar-refractivity contribution in [1.82, 2.24) is 9.88 Å². The molecule has 1 saturated carbocycles. The highest BCUT2D eigenvalue weighted by Crippen LogP contribution is 2.37. The van der Waals surface area contributed by atoms with Crippen molar-refractivity contribution in [1.29, 1.82) is 0 Å². The first kappa shape index (κ1) is 14.0. The Labute approximate surface area is 127 Å². The second-order valence-corrected chi connectivity index (χ2v) is 6.64. The molecule has 2 aliphatic rings. The molecule has 2 heterocycles. The highest BCUT2D eigenvalue weighted by Gasteiger charge is 2.44. The van der Waals surface area contributed by atoms with Crippen molar-refractivity contribution in [3.8, 4) is 0 Å². The van der Waals surface area contributed by atoms with Gasteiger partial charge in [0.25, 0.3) is 5.91 Å². The van der Waals surface area contributed by atoms with E-state index in [0.29, 0.717) is 18.4 Å². The lowest BCUT2D eigenvalue weighted by atomic mass is 9.76. The zero-order valence-electron chi connectivity index (χ0n) is 11.3. The third-order valence-corrected chi connectivity index (χ3v) is 5.25. The lowest BCUT2D eigenvalue weighted by Gasteiger charge is -2.51. The van der Waals surface area contributed by atoms with Gasteiger partial charge in [0.15, 0.2) is 0 Å². The van der Waals surface area contributed by atoms with Gasteiger partial charge in [0.2, 0.25) is 0 Å². The molecule has 5 heteroatoms. The van der Waals surface area contributed by atoms with Gasteiger partial charge in [-0.2, -0.15) is 0 Å². The highest BCUT2D eigenvalue weighted by molar-refractivity contribution is 9.10. The third-order valence-electron chi connectivity index (χ3n) is 4.54. The molecular formula is C15H19BrN2O2. The first-order valence-electron chi connectivity index (χ1n) is 7.23. The Morgan fingerprint density at radius 2 is 2.30 bits per heavy atom. The van der Waals surface area contributed by atoms with Gasteiger partial charge < -0.3 is 10.0 Å². The summed E-state index contributed by atoms with van der Waals surface area (Å²) in [6, 6.07) is 2.21. The number of hydrogen-bond donors (Lipinski definition) is 1. The molecule has 3 rings (SSSR count). The maximum atomic E-state index is 12.3. The van der Waals surface area contributed by atoms with E-state index in [1.165, 1.54) is 19.3 Å². The van der Waals surface area contributed by atoms with Gasteiger partial charge >= 0.3 is 0 Å². The maximum Gasteiger partial charge on any atom is 0.252 e. The molecule has 2 fully saturated rings. The van der Waals surface area contributed by atoms with Crippen LogP contribution in [-0.2, 0) is 11.2 Å². The van der Waals surface area contributed by atoms with Gasteiger partial charge in [-0.3, -0.25) is 9.78 Å². The Morgan fingerprint density at radius 1 is 1.50 bits per heavy atom. The van der Waals surface area contributed by atoms with Crippen molar-refractivity contribution < 1.29 is 9.90 Å². The SMILES string of the molecule is O=C(C(O)Cc1ccncc1Br)N1C[C@@H]2CCCC[C@@H]21. The lowest BCUT2D eigenvalue weighted by Crippen LogP contribution is -2.62. The van der Waals surface area contributed by atoms with Gasteiger partial charge in [-0.25, -0.2) is 0 Å². The van der Waals surface area contributed by atoms with E-state index in [-0.39, 0.29) is 5.91 Å². The molecule has 20 heavy (non-hydrogen) atoms. The fourth-order valence-corrected chi connectivity index (χ4v) is 3.78. The molecule has 1 aliphatic heterocycles. The molecule has 1 aromatic rings. The van der Waals surface area contributed by atoms with Crippen molar-refractivity contribution in [3.05, 3.63) is 28.5 Å². The van der Waals surface area contributed by atoms with Crippen molar-refractivity contribution in [2.24, 2.45) is 5.92 Å². The first-order valence-corrected chi connectivity index (χ1v) is 8.03. The Morgan fingerprint density at radius 3 is 3.05 bits per heavy atom. The number of pyridine rings is 1. The Balaban J connectivity index is 1.61. The number of aliphatic hydroxyl groups excluding tert-OH is 1. The Kier molecular flexibility index (Phi) is 4.08. The molecule has 1 aliphatic carbocycles. The van der Waals surface area contributed by atoms with E-state index in [0.717, 1.165) is 23.0 Å². The van der Waals surface area contributed by atoms with E-state index in [4.69, 9.17) is 0 Å². The molecule has 3 atom stereocenters. The van der Waals surface area contributed by atoms with Crippen LogP contribution in [0.2, 0.25) is 0 Å². The van der Waals surface area contributed by atoms with E-state index < -0.39 is 6.10 Å². The van der Waals surface area contributed by atoms with Gasteiger partial charge in [0, 0.05) is 35.9 Å². The molecule has 1 amide bonds. The topological polar surface area (TPSA) is 53.4 Å². The summed E-state index contributed by atoms with van der Waals surface area (Å²) in [6.45, 7) is 0.831. The van der Waals surface area contributed by atoms with Crippen molar-refractivity contribution in [2.75, 3.05) is 6.54 Å². The Hall–Kier alpha value is -0.940. The van der Waals surface area contributed by atoms with E-state index in [1.807, 2.05) is 11.0 Å². The molecule has 1 unspecified atom stereocenters. The summed E-state index contributed by atoms with van der Waals surface area (Å²) in [7, 11) is 0. The van der Waals surface area contributed by atoms with Crippen LogP contribution in [0.1, 0.15) is 31.2 Å². The number of fused-ring (bicyclic) bond motifs is 1. The van der Waals surface area contributed by atoms with Gasteiger partial charge in [0.05, 0.1) is 0 Å².